The van der Waals surface area contributed by atoms with Gasteiger partial charge in [0.05, 0.1) is 13.2 Å². The molecule has 3 N–H and O–H groups in total. The van der Waals surface area contributed by atoms with Crippen molar-refractivity contribution in [1.29, 1.82) is 5.41 Å². The second kappa shape index (κ2) is 9.79. The third kappa shape index (κ3) is 5.34. The fraction of sp³-hybridized carbons (Fsp3) is 0.391. The Labute approximate surface area is 197 Å². The van der Waals surface area contributed by atoms with Crippen LogP contribution in [0.5, 0.6) is 5.75 Å². The minimum Gasteiger partial charge on any atom is -0.482 e. The molecule has 172 valence electrons. The number of hydrogen-bond donors (Lipinski definition) is 3. The number of hydrogen-bond acceptors (Lipinski definition) is 6. The minimum atomic E-state index is -1.07. The maximum Gasteiger partial charge on any atom is 0.341 e. The highest BCUT2D eigenvalue weighted by atomic mass is 79.9. The Balaban J connectivity index is 0.00000363. The molecule has 0 amide bonds. The molecule has 0 aliphatic carbocycles. The van der Waals surface area contributed by atoms with E-state index in [9.17, 15) is 14.7 Å². The van der Waals surface area contributed by atoms with Crippen molar-refractivity contribution in [2.75, 3.05) is 13.2 Å². The van der Waals surface area contributed by atoms with Gasteiger partial charge in [0.2, 0.25) is 0 Å². The highest BCUT2D eigenvalue weighted by molar-refractivity contribution is 8.93. The maximum atomic E-state index is 13.0. The number of carbonyl (C=O) groups excluding carboxylic acids is 1. The summed E-state index contributed by atoms with van der Waals surface area (Å²) >= 11 is 0. The molecule has 1 aliphatic heterocycles. The van der Waals surface area contributed by atoms with E-state index in [1.165, 1.54) is 0 Å². The topological polar surface area (TPSA) is 124 Å². The average molecular weight is 506 g/mol. The number of aliphatic hydroxyl groups is 1. The average Bonchev–Trinajstić information content (AvgIpc) is 2.99. The van der Waals surface area contributed by atoms with Crippen molar-refractivity contribution >= 4 is 34.6 Å². The van der Waals surface area contributed by atoms with E-state index in [0.717, 1.165) is 11.1 Å². The van der Waals surface area contributed by atoms with Crippen LogP contribution in [0.3, 0.4) is 0 Å². The molecule has 0 saturated carbocycles. The van der Waals surface area contributed by atoms with Crippen LogP contribution in [0.4, 0.5) is 0 Å². The molecule has 9 heteroatoms. The molecule has 1 aliphatic rings. The molecule has 2 heterocycles. The van der Waals surface area contributed by atoms with Gasteiger partial charge in [-0.2, -0.15) is 0 Å². The molecule has 32 heavy (non-hydrogen) atoms. The number of ketones is 1. The predicted molar refractivity (Wildman–Crippen MR) is 125 cm³/mol. The van der Waals surface area contributed by atoms with Crippen molar-refractivity contribution in [3.63, 3.8) is 0 Å². The number of aryl methyl sites for hydroxylation is 1. The number of rotatable bonds is 7. The number of nitrogens with zero attached hydrogens (tertiary/aromatic N) is 2. The van der Waals surface area contributed by atoms with Crippen molar-refractivity contribution in [3.8, 4) is 5.75 Å². The second-order valence-electron chi connectivity index (χ2n) is 8.67. The Hall–Kier alpha value is -2.78. The highest BCUT2D eigenvalue weighted by Crippen LogP contribution is 2.33. The number of carboxylic acids is 1. The standard InChI is InChI=1S/C23H27N3O5.BrH/c1-13-16(11-27)7-15-9-26(22(24)21(15)25-13)10-18(28)14-5-6-19(31-12-20(29)30)17(8-14)23(2,3)4;/h5-8,24,27H,9-12H2,1-4H3,(H,29,30);1H. The Morgan fingerprint density at radius 1 is 1.25 bits per heavy atom. The van der Waals surface area contributed by atoms with Gasteiger partial charge in [-0.05, 0) is 42.2 Å². The van der Waals surface area contributed by atoms with E-state index < -0.39 is 12.6 Å². The molecule has 1 aromatic heterocycles. The van der Waals surface area contributed by atoms with Crippen molar-refractivity contribution in [2.24, 2.45) is 0 Å². The zero-order valence-corrected chi connectivity index (χ0v) is 20.3. The Morgan fingerprint density at radius 3 is 2.53 bits per heavy atom. The molecular weight excluding hydrogens is 478 g/mol. The van der Waals surface area contributed by atoms with Crippen LogP contribution in [-0.2, 0) is 23.4 Å². The van der Waals surface area contributed by atoms with Crippen molar-refractivity contribution in [3.05, 3.63) is 57.9 Å². The van der Waals surface area contributed by atoms with Gasteiger partial charge in [-0.15, -0.1) is 17.0 Å². The molecular formula is C23H28BrN3O5. The van der Waals surface area contributed by atoms with Crippen molar-refractivity contribution < 1.29 is 24.5 Å². The molecule has 8 nitrogen and oxygen atoms in total. The molecule has 0 saturated heterocycles. The van der Waals surface area contributed by atoms with Gasteiger partial charge in [0, 0.05) is 28.9 Å². The molecule has 0 unspecified atom stereocenters. The number of halogens is 1. The number of aliphatic carboxylic acids is 1. The summed E-state index contributed by atoms with van der Waals surface area (Å²) in [4.78, 5) is 30.0. The third-order valence-electron chi connectivity index (χ3n) is 5.26. The van der Waals surface area contributed by atoms with Crippen LogP contribution in [0, 0.1) is 12.3 Å². The monoisotopic (exact) mass is 505 g/mol. The lowest BCUT2D eigenvalue weighted by Gasteiger charge is -2.24. The number of aromatic nitrogens is 1. The fourth-order valence-electron chi connectivity index (χ4n) is 3.57. The third-order valence-corrected chi connectivity index (χ3v) is 5.26. The first-order valence-electron chi connectivity index (χ1n) is 9.97. The molecule has 0 atom stereocenters. The Kier molecular flexibility index (Phi) is 7.79. The van der Waals surface area contributed by atoms with Crippen molar-refractivity contribution in [2.45, 2.75) is 46.3 Å². The predicted octanol–water partition coefficient (Wildman–Crippen LogP) is 3.24. The number of ether oxygens (including phenoxy) is 1. The number of pyridine rings is 1. The summed E-state index contributed by atoms with van der Waals surface area (Å²) in [7, 11) is 0. The van der Waals surface area contributed by atoms with Gasteiger partial charge < -0.3 is 19.8 Å². The Morgan fingerprint density at radius 2 is 1.94 bits per heavy atom. The van der Waals surface area contributed by atoms with Gasteiger partial charge in [-0.1, -0.05) is 20.8 Å². The summed E-state index contributed by atoms with van der Waals surface area (Å²) in [5, 5.41) is 26.8. The van der Waals surface area contributed by atoms with E-state index in [2.05, 4.69) is 4.98 Å². The first-order valence-corrected chi connectivity index (χ1v) is 9.97. The van der Waals surface area contributed by atoms with Crippen LogP contribution < -0.4 is 4.74 Å². The quantitative estimate of drug-likeness (QED) is 0.493. The molecule has 0 bridgehead atoms. The molecule has 0 radical (unpaired) electrons. The zero-order chi connectivity index (χ0) is 22.9. The van der Waals surface area contributed by atoms with Crippen LogP contribution in [-0.4, -0.2) is 50.8 Å². The van der Waals surface area contributed by atoms with E-state index in [1.807, 2.05) is 26.8 Å². The first-order chi connectivity index (χ1) is 14.5. The molecule has 2 aromatic rings. The molecule has 3 rings (SSSR count). The van der Waals surface area contributed by atoms with Gasteiger partial charge in [-0.25, -0.2) is 9.78 Å². The summed E-state index contributed by atoms with van der Waals surface area (Å²) < 4.78 is 5.40. The van der Waals surface area contributed by atoms with Gasteiger partial charge >= 0.3 is 5.97 Å². The summed E-state index contributed by atoms with van der Waals surface area (Å²) in [6, 6.07) is 6.81. The summed E-state index contributed by atoms with van der Waals surface area (Å²) in [5.41, 5.74) is 3.59. The smallest absolute Gasteiger partial charge is 0.341 e. The van der Waals surface area contributed by atoms with Crippen LogP contribution >= 0.6 is 17.0 Å². The zero-order valence-electron chi connectivity index (χ0n) is 18.6. The normalized spacial score (nSPS) is 12.9. The van der Waals surface area contributed by atoms with Gasteiger partial charge in [-0.3, -0.25) is 10.2 Å². The van der Waals surface area contributed by atoms with Crippen LogP contribution in [0.25, 0.3) is 0 Å². The first kappa shape index (κ1) is 25.5. The van der Waals surface area contributed by atoms with E-state index >= 15 is 0 Å². The lowest BCUT2D eigenvalue weighted by molar-refractivity contribution is -0.139. The van der Waals surface area contributed by atoms with Gasteiger partial charge in [0.25, 0.3) is 0 Å². The SMILES string of the molecule is Br.Cc1nc2c(cc1CO)CN(CC(=O)c1ccc(OCC(=O)O)c(C(C)(C)C)c1)C2=N. The molecule has 1 aromatic carbocycles. The van der Waals surface area contributed by atoms with Gasteiger partial charge in [0.15, 0.2) is 12.4 Å². The minimum absolute atomic E-state index is 0. The number of carboxylic acid groups (broad SMARTS) is 1. The van der Waals surface area contributed by atoms with Crippen LogP contribution in [0.1, 0.15) is 59.2 Å². The molecule has 0 fully saturated rings. The van der Waals surface area contributed by atoms with Crippen molar-refractivity contribution in [1.82, 2.24) is 9.88 Å². The second-order valence-corrected chi connectivity index (χ2v) is 8.67. The summed E-state index contributed by atoms with van der Waals surface area (Å²) in [6.07, 6.45) is 0. The number of Topliss-reactive ketones (excluding diaryl/α,β-unsaturated/α-hetero) is 1. The Bertz CT molecular complexity index is 1060. The number of carbonyl (C=O) groups is 2. The fourth-order valence-corrected chi connectivity index (χ4v) is 3.57. The number of aliphatic hydroxyl groups excluding tert-OH is 1. The highest BCUT2D eigenvalue weighted by Gasteiger charge is 2.29. The van der Waals surface area contributed by atoms with E-state index in [1.54, 1.807) is 30.0 Å². The van der Waals surface area contributed by atoms with Gasteiger partial charge in [0.1, 0.15) is 17.3 Å². The number of fused-ring (bicyclic) bond motifs is 1. The lowest BCUT2D eigenvalue weighted by Crippen LogP contribution is -2.30. The largest absolute Gasteiger partial charge is 0.482 e. The lowest BCUT2D eigenvalue weighted by atomic mass is 9.85. The summed E-state index contributed by atoms with van der Waals surface area (Å²) in [6.45, 7) is 7.49. The van der Waals surface area contributed by atoms with E-state index in [0.29, 0.717) is 34.8 Å². The maximum absolute atomic E-state index is 13.0. The van der Waals surface area contributed by atoms with Crippen LogP contribution in [0.2, 0.25) is 0 Å². The number of amidine groups is 1. The number of benzene rings is 1. The number of nitrogens with one attached hydrogen (secondary N) is 1. The molecule has 0 spiro atoms. The van der Waals surface area contributed by atoms with E-state index in [4.69, 9.17) is 15.3 Å². The van der Waals surface area contributed by atoms with Crippen LogP contribution in [0.15, 0.2) is 24.3 Å². The van der Waals surface area contributed by atoms with E-state index in [-0.39, 0.29) is 47.2 Å². The summed E-state index contributed by atoms with van der Waals surface area (Å²) in [5.74, 6) is -0.607.